The lowest BCUT2D eigenvalue weighted by Gasteiger charge is -2.20. The minimum atomic E-state index is 0.934. The Morgan fingerprint density at radius 3 is 1.60 bits per heavy atom. The molecule has 0 amide bonds. The Morgan fingerprint density at radius 1 is 0.293 bits per heavy atom. The number of hydrogen-bond donors (Lipinski definition) is 0. The Hall–Kier alpha value is -7.26. The zero-order valence-electron chi connectivity index (χ0n) is 31.3. The zero-order chi connectivity index (χ0) is 37.9. The van der Waals surface area contributed by atoms with Gasteiger partial charge in [0.05, 0.1) is 0 Å². The molecule has 0 saturated carbocycles. The van der Waals surface area contributed by atoms with Crippen LogP contribution in [-0.4, -0.2) is 0 Å². The second kappa shape index (κ2) is 12.1. The molecule has 268 valence electrons. The topological polar surface area (TPSA) is 13.1 Å². The van der Waals surface area contributed by atoms with Crippen LogP contribution in [0.2, 0.25) is 0 Å². The van der Waals surface area contributed by atoms with Crippen LogP contribution in [0, 0.1) is 0 Å². The Morgan fingerprint density at radius 2 is 0.862 bits per heavy atom. The van der Waals surface area contributed by atoms with Crippen LogP contribution in [0.1, 0.15) is 0 Å². The first kappa shape index (κ1) is 31.9. The van der Waals surface area contributed by atoms with Crippen molar-refractivity contribution in [1.29, 1.82) is 0 Å². The molecular weight excluding hydrogens is 721 g/mol. The minimum absolute atomic E-state index is 0.934. The molecule has 0 fully saturated rings. The lowest BCUT2D eigenvalue weighted by Crippen LogP contribution is -1.93. The summed E-state index contributed by atoms with van der Waals surface area (Å²) in [5.74, 6) is 0. The van der Waals surface area contributed by atoms with Gasteiger partial charge in [-0.15, -0.1) is 11.3 Å². The van der Waals surface area contributed by atoms with E-state index < -0.39 is 0 Å². The monoisotopic (exact) mass is 752 g/mol. The molecule has 0 unspecified atom stereocenters. The van der Waals surface area contributed by atoms with E-state index in [0.29, 0.717) is 0 Å². The summed E-state index contributed by atoms with van der Waals surface area (Å²) in [5.41, 5.74) is 9.46. The van der Waals surface area contributed by atoms with Crippen LogP contribution in [-0.2, 0) is 0 Å². The van der Waals surface area contributed by atoms with Gasteiger partial charge in [-0.3, -0.25) is 0 Å². The maximum atomic E-state index is 6.44. The zero-order valence-corrected chi connectivity index (χ0v) is 32.1. The van der Waals surface area contributed by atoms with Gasteiger partial charge >= 0.3 is 0 Å². The van der Waals surface area contributed by atoms with Gasteiger partial charge in [-0.25, -0.2) is 0 Å². The van der Waals surface area contributed by atoms with Gasteiger partial charge in [0.2, 0.25) is 0 Å². The number of thiophene rings is 1. The van der Waals surface area contributed by atoms with Crippen molar-refractivity contribution < 1.29 is 4.42 Å². The molecule has 1 nitrogen and oxygen atoms in total. The number of para-hydroxylation sites is 1. The fourth-order valence-electron chi connectivity index (χ4n) is 9.87. The van der Waals surface area contributed by atoms with E-state index in [1.807, 2.05) is 17.4 Å². The molecule has 13 rings (SSSR count). The van der Waals surface area contributed by atoms with E-state index in [9.17, 15) is 0 Å². The van der Waals surface area contributed by atoms with Crippen LogP contribution in [0.3, 0.4) is 0 Å². The van der Waals surface area contributed by atoms with Crippen molar-refractivity contribution in [2.45, 2.75) is 0 Å². The summed E-state index contributed by atoms with van der Waals surface area (Å²) >= 11 is 1.86. The fourth-order valence-corrected chi connectivity index (χ4v) is 11.0. The largest absolute Gasteiger partial charge is 0.455 e. The molecule has 0 saturated heterocycles. The van der Waals surface area contributed by atoms with Gasteiger partial charge in [-0.2, -0.15) is 0 Å². The molecule has 11 aromatic carbocycles. The lowest BCUT2D eigenvalue weighted by atomic mass is 9.83. The number of hydrogen-bond acceptors (Lipinski definition) is 2. The molecule has 2 heteroatoms. The molecule has 2 aromatic heterocycles. The summed E-state index contributed by atoms with van der Waals surface area (Å²) in [6, 6.07) is 71.6. The van der Waals surface area contributed by atoms with Crippen LogP contribution in [0.25, 0.3) is 129 Å². The summed E-state index contributed by atoms with van der Waals surface area (Å²) in [7, 11) is 0. The highest BCUT2D eigenvalue weighted by Gasteiger charge is 2.20. The summed E-state index contributed by atoms with van der Waals surface area (Å²) in [6.07, 6.45) is 0. The molecular formula is C56H32OS. The Kier molecular flexibility index (Phi) is 6.66. The van der Waals surface area contributed by atoms with Gasteiger partial charge in [0.15, 0.2) is 0 Å². The second-order valence-corrected chi connectivity index (χ2v) is 16.6. The Labute approximate surface area is 337 Å². The predicted molar refractivity (Wildman–Crippen MR) is 250 cm³/mol. The number of benzene rings is 11. The second-order valence-electron chi connectivity index (χ2n) is 15.5. The minimum Gasteiger partial charge on any atom is -0.455 e. The summed E-state index contributed by atoms with van der Waals surface area (Å²) < 4.78 is 9.01. The average molecular weight is 753 g/mol. The van der Waals surface area contributed by atoms with E-state index >= 15 is 0 Å². The van der Waals surface area contributed by atoms with Gasteiger partial charge in [0.25, 0.3) is 0 Å². The number of fused-ring (bicyclic) bond motifs is 12. The third kappa shape index (κ3) is 4.52. The van der Waals surface area contributed by atoms with Crippen molar-refractivity contribution in [2.75, 3.05) is 0 Å². The van der Waals surface area contributed by atoms with E-state index in [1.54, 1.807) is 0 Å². The maximum absolute atomic E-state index is 6.44. The van der Waals surface area contributed by atoms with Gasteiger partial charge in [0, 0.05) is 36.3 Å². The molecule has 0 bridgehead atoms. The van der Waals surface area contributed by atoms with E-state index in [0.717, 1.165) is 16.6 Å². The van der Waals surface area contributed by atoms with Gasteiger partial charge in [0.1, 0.15) is 11.2 Å². The third-order valence-electron chi connectivity index (χ3n) is 12.4. The van der Waals surface area contributed by atoms with Crippen LogP contribution in [0.5, 0.6) is 0 Å². The molecule has 0 spiro atoms. The SMILES string of the molecule is c1ccc2c(-c3c4ccccc4c(-c4ccc(-c5ccc6sc7cc8c(ccc9c%10ccccc%10oc89)cc7c6c5)c5ccccc45)c4ccccc34)cccc2c1. The van der Waals surface area contributed by atoms with E-state index in [-0.39, 0.29) is 0 Å². The molecule has 0 aliphatic heterocycles. The van der Waals surface area contributed by atoms with Crippen molar-refractivity contribution in [3.05, 3.63) is 194 Å². The normalized spacial score (nSPS) is 12.1. The summed E-state index contributed by atoms with van der Waals surface area (Å²) in [6.45, 7) is 0. The number of furan rings is 1. The van der Waals surface area contributed by atoms with Crippen molar-refractivity contribution in [1.82, 2.24) is 0 Å². The van der Waals surface area contributed by atoms with Crippen LogP contribution < -0.4 is 0 Å². The smallest absolute Gasteiger partial charge is 0.143 e. The molecule has 0 radical (unpaired) electrons. The van der Waals surface area contributed by atoms with Crippen molar-refractivity contribution in [3.63, 3.8) is 0 Å². The fraction of sp³-hybridized carbons (Fsp3) is 0. The Bertz CT molecular complexity index is 3800. The Balaban J connectivity index is 1.02. The van der Waals surface area contributed by atoms with E-state index in [2.05, 4.69) is 188 Å². The van der Waals surface area contributed by atoms with Gasteiger partial charge in [-0.1, -0.05) is 158 Å². The lowest BCUT2D eigenvalue weighted by molar-refractivity contribution is 0.673. The maximum Gasteiger partial charge on any atom is 0.143 e. The first-order chi connectivity index (χ1) is 28.8. The first-order valence-corrected chi connectivity index (χ1v) is 20.7. The molecule has 2 heterocycles. The van der Waals surface area contributed by atoms with Gasteiger partial charge < -0.3 is 4.42 Å². The predicted octanol–water partition coefficient (Wildman–Crippen LogP) is 16.7. The van der Waals surface area contributed by atoms with Gasteiger partial charge in [-0.05, 0) is 118 Å². The van der Waals surface area contributed by atoms with Crippen LogP contribution in [0.15, 0.2) is 199 Å². The molecule has 0 aliphatic rings. The highest BCUT2D eigenvalue weighted by molar-refractivity contribution is 7.25. The van der Waals surface area contributed by atoms with Crippen molar-refractivity contribution >= 4 is 107 Å². The summed E-state index contributed by atoms with van der Waals surface area (Å²) in [4.78, 5) is 0. The first-order valence-electron chi connectivity index (χ1n) is 19.9. The summed E-state index contributed by atoms with van der Waals surface area (Å²) in [5, 5.41) is 17.4. The molecule has 58 heavy (non-hydrogen) atoms. The van der Waals surface area contributed by atoms with Crippen LogP contribution in [0.4, 0.5) is 0 Å². The molecule has 0 atom stereocenters. The molecule has 13 aromatic rings. The number of rotatable bonds is 3. The van der Waals surface area contributed by atoms with Crippen LogP contribution >= 0.6 is 11.3 Å². The third-order valence-corrected chi connectivity index (χ3v) is 13.6. The highest BCUT2D eigenvalue weighted by Crippen LogP contribution is 2.48. The quantitative estimate of drug-likeness (QED) is 0.164. The average Bonchev–Trinajstić information content (AvgIpc) is 3.85. The van der Waals surface area contributed by atoms with Crippen molar-refractivity contribution in [3.8, 4) is 33.4 Å². The van der Waals surface area contributed by atoms with E-state index in [1.165, 1.54) is 113 Å². The van der Waals surface area contributed by atoms with Crippen molar-refractivity contribution in [2.24, 2.45) is 0 Å². The van der Waals surface area contributed by atoms with E-state index in [4.69, 9.17) is 4.42 Å². The molecule has 0 aliphatic carbocycles. The molecule has 0 N–H and O–H groups in total. The highest BCUT2D eigenvalue weighted by atomic mass is 32.1. The standard InChI is InChI=1S/C56H32OS/c1-2-14-36-33(12-1)13-11-22-41(36)54-42-18-5-7-20-44(42)55(45-21-8-6-19-43(45)54)46-28-27-37(38-15-3-4-16-39(38)46)34-25-29-52-49(30-34)50-31-35-24-26-47-40-17-9-10-23-51(40)57-56(47)48(35)32-53(50)58-52/h1-32H.